The maximum atomic E-state index is 10.0. The molecule has 3 rings (SSSR count). The Morgan fingerprint density at radius 1 is 0.950 bits per heavy atom. The smallest absolute Gasteiger partial charge is 0.0782 e. The van der Waals surface area contributed by atoms with Crippen LogP contribution >= 0.6 is 0 Å². The van der Waals surface area contributed by atoms with Crippen LogP contribution in [0.2, 0.25) is 0 Å². The van der Waals surface area contributed by atoms with Crippen LogP contribution in [0.3, 0.4) is 0 Å². The minimum Gasteiger partial charge on any atom is -0.389 e. The topological polar surface area (TPSA) is 23.5 Å². The standard InChI is InChI=1S/C18H21NO/c1-14(20)16-10-3-5-12-18(16)19-13-7-6-9-15-8-2-4-11-17(15)19/h2-5,8,10-12,14,20H,6-7,9,13H2,1H3/t14-/m0/s1. The van der Waals surface area contributed by atoms with Gasteiger partial charge in [-0.2, -0.15) is 0 Å². The average molecular weight is 267 g/mol. The molecule has 104 valence electrons. The van der Waals surface area contributed by atoms with Gasteiger partial charge >= 0.3 is 0 Å². The van der Waals surface area contributed by atoms with Crippen molar-refractivity contribution in [2.75, 3.05) is 11.4 Å². The maximum Gasteiger partial charge on any atom is 0.0782 e. The molecule has 0 aromatic heterocycles. The zero-order chi connectivity index (χ0) is 13.9. The summed E-state index contributed by atoms with van der Waals surface area (Å²) in [4.78, 5) is 2.37. The number of aliphatic hydroxyl groups excluding tert-OH is 1. The first kappa shape index (κ1) is 13.2. The molecule has 2 aromatic carbocycles. The van der Waals surface area contributed by atoms with Crippen molar-refractivity contribution in [3.05, 3.63) is 59.7 Å². The summed E-state index contributed by atoms with van der Waals surface area (Å²) in [6.45, 7) is 2.85. The average Bonchev–Trinajstić information content (AvgIpc) is 2.69. The first-order valence-electron chi connectivity index (χ1n) is 7.40. The van der Waals surface area contributed by atoms with E-state index in [2.05, 4.69) is 41.3 Å². The third-order valence-electron chi connectivity index (χ3n) is 4.04. The van der Waals surface area contributed by atoms with E-state index in [-0.39, 0.29) is 0 Å². The van der Waals surface area contributed by atoms with Crippen molar-refractivity contribution < 1.29 is 5.11 Å². The van der Waals surface area contributed by atoms with E-state index < -0.39 is 6.10 Å². The van der Waals surface area contributed by atoms with Crippen molar-refractivity contribution in [1.29, 1.82) is 0 Å². The molecule has 0 radical (unpaired) electrons. The van der Waals surface area contributed by atoms with Gasteiger partial charge in [-0.1, -0.05) is 36.4 Å². The van der Waals surface area contributed by atoms with E-state index in [1.54, 1.807) is 0 Å². The quantitative estimate of drug-likeness (QED) is 0.881. The van der Waals surface area contributed by atoms with Crippen molar-refractivity contribution in [3.63, 3.8) is 0 Å². The van der Waals surface area contributed by atoms with Gasteiger partial charge in [-0.05, 0) is 43.9 Å². The second-order valence-corrected chi connectivity index (χ2v) is 5.47. The lowest BCUT2D eigenvalue weighted by Crippen LogP contribution is -2.19. The highest BCUT2D eigenvalue weighted by Gasteiger charge is 2.19. The lowest BCUT2D eigenvalue weighted by Gasteiger charge is -2.28. The molecule has 0 aliphatic carbocycles. The minimum atomic E-state index is -0.443. The van der Waals surface area contributed by atoms with E-state index >= 15 is 0 Å². The maximum absolute atomic E-state index is 10.0. The van der Waals surface area contributed by atoms with Gasteiger partial charge in [-0.25, -0.2) is 0 Å². The van der Waals surface area contributed by atoms with Gasteiger partial charge in [0, 0.05) is 23.5 Å². The van der Waals surface area contributed by atoms with Crippen LogP contribution < -0.4 is 4.90 Å². The van der Waals surface area contributed by atoms with Gasteiger partial charge in [0.05, 0.1) is 6.10 Å². The van der Waals surface area contributed by atoms with Crippen LogP contribution in [-0.2, 0) is 6.42 Å². The van der Waals surface area contributed by atoms with E-state index in [1.807, 2.05) is 19.1 Å². The summed E-state index contributed by atoms with van der Waals surface area (Å²) in [5, 5.41) is 10.0. The highest BCUT2D eigenvalue weighted by molar-refractivity contribution is 5.70. The van der Waals surface area contributed by atoms with Crippen LogP contribution in [0.4, 0.5) is 11.4 Å². The Balaban J connectivity index is 2.10. The van der Waals surface area contributed by atoms with Crippen LogP contribution in [-0.4, -0.2) is 11.7 Å². The number of fused-ring (bicyclic) bond motifs is 1. The molecular formula is C18H21NO. The predicted molar refractivity (Wildman–Crippen MR) is 83.5 cm³/mol. The van der Waals surface area contributed by atoms with Crippen LogP contribution in [0.5, 0.6) is 0 Å². The zero-order valence-corrected chi connectivity index (χ0v) is 11.9. The summed E-state index contributed by atoms with van der Waals surface area (Å²) in [7, 11) is 0. The first-order valence-corrected chi connectivity index (χ1v) is 7.40. The Labute approximate surface area is 120 Å². The number of aliphatic hydroxyl groups is 1. The van der Waals surface area contributed by atoms with E-state index in [0.29, 0.717) is 0 Å². The van der Waals surface area contributed by atoms with Gasteiger partial charge in [-0.3, -0.25) is 0 Å². The molecule has 1 heterocycles. The van der Waals surface area contributed by atoms with Gasteiger partial charge in [-0.15, -0.1) is 0 Å². The molecule has 0 fully saturated rings. The largest absolute Gasteiger partial charge is 0.389 e. The van der Waals surface area contributed by atoms with E-state index in [1.165, 1.54) is 24.1 Å². The Morgan fingerprint density at radius 2 is 1.65 bits per heavy atom. The van der Waals surface area contributed by atoms with Crippen LogP contribution in [0.25, 0.3) is 0 Å². The van der Waals surface area contributed by atoms with Crippen molar-refractivity contribution in [1.82, 2.24) is 0 Å². The zero-order valence-electron chi connectivity index (χ0n) is 11.9. The van der Waals surface area contributed by atoms with Crippen molar-refractivity contribution in [2.45, 2.75) is 32.3 Å². The molecule has 1 aliphatic heterocycles. The summed E-state index contributed by atoms with van der Waals surface area (Å²) in [6.07, 6.45) is 3.11. The Bertz CT molecular complexity index is 591. The highest BCUT2D eigenvalue weighted by atomic mass is 16.3. The van der Waals surface area contributed by atoms with Gasteiger partial charge in [0.25, 0.3) is 0 Å². The Hall–Kier alpha value is -1.80. The molecule has 0 spiro atoms. The molecule has 2 heteroatoms. The van der Waals surface area contributed by atoms with Crippen molar-refractivity contribution >= 4 is 11.4 Å². The second kappa shape index (κ2) is 5.68. The number of para-hydroxylation sites is 2. The van der Waals surface area contributed by atoms with Gasteiger partial charge < -0.3 is 10.0 Å². The molecule has 0 amide bonds. The van der Waals surface area contributed by atoms with Gasteiger partial charge in [0.15, 0.2) is 0 Å². The molecule has 0 unspecified atom stereocenters. The number of hydrogen-bond acceptors (Lipinski definition) is 2. The van der Waals surface area contributed by atoms with E-state index in [9.17, 15) is 5.11 Å². The lowest BCUT2D eigenvalue weighted by molar-refractivity contribution is 0.199. The normalized spacial score (nSPS) is 16.4. The summed E-state index contributed by atoms with van der Waals surface area (Å²) in [5.41, 5.74) is 4.84. The summed E-state index contributed by atoms with van der Waals surface area (Å²) < 4.78 is 0. The third kappa shape index (κ3) is 2.44. The summed E-state index contributed by atoms with van der Waals surface area (Å²) >= 11 is 0. The van der Waals surface area contributed by atoms with Crippen LogP contribution in [0, 0.1) is 0 Å². The first-order chi connectivity index (χ1) is 9.77. The fraction of sp³-hybridized carbons (Fsp3) is 0.333. The molecule has 1 N–H and O–H groups in total. The molecule has 0 saturated heterocycles. The molecular weight excluding hydrogens is 246 g/mol. The highest BCUT2D eigenvalue weighted by Crippen LogP contribution is 2.36. The van der Waals surface area contributed by atoms with Crippen molar-refractivity contribution in [3.8, 4) is 0 Å². The fourth-order valence-electron chi connectivity index (χ4n) is 3.03. The molecule has 1 atom stereocenters. The third-order valence-corrected chi connectivity index (χ3v) is 4.04. The number of rotatable bonds is 2. The molecule has 2 aromatic rings. The summed E-state index contributed by atoms with van der Waals surface area (Å²) in [6, 6.07) is 16.8. The molecule has 1 aliphatic rings. The fourth-order valence-corrected chi connectivity index (χ4v) is 3.03. The van der Waals surface area contributed by atoms with Gasteiger partial charge in [0.2, 0.25) is 0 Å². The van der Waals surface area contributed by atoms with E-state index in [0.717, 1.165) is 24.2 Å². The molecule has 2 nitrogen and oxygen atoms in total. The SMILES string of the molecule is C[C@H](O)c1ccccc1N1CCCCc2ccccc21. The Morgan fingerprint density at radius 3 is 2.45 bits per heavy atom. The molecule has 0 saturated carbocycles. The number of benzene rings is 2. The van der Waals surface area contributed by atoms with Crippen LogP contribution in [0.15, 0.2) is 48.5 Å². The molecule has 0 bridgehead atoms. The molecule has 20 heavy (non-hydrogen) atoms. The van der Waals surface area contributed by atoms with E-state index in [4.69, 9.17) is 0 Å². The number of aryl methyl sites for hydroxylation is 1. The van der Waals surface area contributed by atoms with Crippen LogP contribution in [0.1, 0.15) is 37.0 Å². The number of hydrogen-bond donors (Lipinski definition) is 1. The number of nitrogens with zero attached hydrogens (tertiary/aromatic N) is 1. The number of anilines is 2. The lowest BCUT2D eigenvalue weighted by atomic mass is 10.0. The minimum absolute atomic E-state index is 0.443. The van der Waals surface area contributed by atoms with Gasteiger partial charge in [0.1, 0.15) is 0 Å². The predicted octanol–water partition coefficient (Wildman–Crippen LogP) is 4.21. The van der Waals surface area contributed by atoms with Crippen molar-refractivity contribution in [2.24, 2.45) is 0 Å². The monoisotopic (exact) mass is 267 g/mol. The Kier molecular flexibility index (Phi) is 3.75. The summed E-state index contributed by atoms with van der Waals surface area (Å²) in [5.74, 6) is 0. The second-order valence-electron chi connectivity index (χ2n) is 5.47.